The summed E-state index contributed by atoms with van der Waals surface area (Å²) in [5.74, 6) is -0.601. The van der Waals surface area contributed by atoms with Crippen LogP contribution in [0.2, 0.25) is 0 Å². The molecule has 0 saturated heterocycles. The highest BCUT2D eigenvalue weighted by Crippen LogP contribution is 2.27. The van der Waals surface area contributed by atoms with Gasteiger partial charge in [0, 0.05) is 12.4 Å². The van der Waals surface area contributed by atoms with E-state index in [1.165, 1.54) is 25.5 Å². The summed E-state index contributed by atoms with van der Waals surface area (Å²) < 4.78 is 14.1. The summed E-state index contributed by atoms with van der Waals surface area (Å²) in [5.41, 5.74) is 6.81. The summed E-state index contributed by atoms with van der Waals surface area (Å²) in [6, 6.07) is 7.40. The number of rotatable bonds is 4. The van der Waals surface area contributed by atoms with E-state index < -0.39 is 17.8 Å². The fraction of sp³-hybridized carbons (Fsp3) is 0.167. The SMILES string of the molecule is CNC(=O)c1cc2c(F)cccc2nc1C(C)Nc1ncnc(N)c1C#N. The summed E-state index contributed by atoms with van der Waals surface area (Å²) in [7, 11) is 1.48. The minimum atomic E-state index is -0.522. The van der Waals surface area contributed by atoms with Gasteiger partial charge in [-0.1, -0.05) is 6.07 Å². The molecule has 136 valence electrons. The molecule has 2 aromatic heterocycles. The van der Waals surface area contributed by atoms with Crippen LogP contribution in [0.5, 0.6) is 0 Å². The molecule has 27 heavy (non-hydrogen) atoms. The highest BCUT2D eigenvalue weighted by Gasteiger charge is 2.21. The number of benzene rings is 1. The van der Waals surface area contributed by atoms with Gasteiger partial charge in [-0.2, -0.15) is 5.26 Å². The third-order valence-electron chi connectivity index (χ3n) is 4.06. The molecule has 2 heterocycles. The smallest absolute Gasteiger partial charge is 0.252 e. The van der Waals surface area contributed by atoms with E-state index in [1.54, 1.807) is 19.1 Å². The maximum absolute atomic E-state index is 14.1. The van der Waals surface area contributed by atoms with Gasteiger partial charge in [0.25, 0.3) is 5.91 Å². The van der Waals surface area contributed by atoms with Crippen LogP contribution in [-0.4, -0.2) is 27.9 Å². The van der Waals surface area contributed by atoms with Crippen LogP contribution in [0, 0.1) is 17.1 Å². The Kier molecular flexibility index (Phi) is 4.81. The first-order valence-corrected chi connectivity index (χ1v) is 8.04. The standard InChI is InChI=1S/C18H16FN7O/c1-9(25-17-12(7-20)16(21)23-8-24-17)15-11(18(27)22-2)6-10-13(19)4-3-5-14(10)26-15/h3-6,8-9H,1-2H3,(H,22,27)(H3,21,23,24,25). The molecular formula is C18H16FN7O. The molecule has 1 atom stereocenters. The summed E-state index contributed by atoms with van der Waals surface area (Å²) in [5, 5.41) is 15.1. The molecule has 3 aromatic rings. The van der Waals surface area contributed by atoms with Crippen molar-refractivity contribution in [2.24, 2.45) is 0 Å². The first-order chi connectivity index (χ1) is 13.0. The molecule has 0 aliphatic carbocycles. The van der Waals surface area contributed by atoms with E-state index in [0.717, 1.165) is 0 Å². The van der Waals surface area contributed by atoms with Gasteiger partial charge < -0.3 is 16.4 Å². The molecule has 4 N–H and O–H groups in total. The monoisotopic (exact) mass is 365 g/mol. The van der Waals surface area contributed by atoms with Crippen LogP contribution in [0.1, 0.15) is 34.6 Å². The minimum Gasteiger partial charge on any atom is -0.382 e. The van der Waals surface area contributed by atoms with Gasteiger partial charge >= 0.3 is 0 Å². The van der Waals surface area contributed by atoms with E-state index in [9.17, 15) is 14.4 Å². The number of nitriles is 1. The lowest BCUT2D eigenvalue weighted by molar-refractivity contribution is 0.0961. The number of nitrogens with zero attached hydrogens (tertiary/aromatic N) is 4. The lowest BCUT2D eigenvalue weighted by Crippen LogP contribution is -2.23. The van der Waals surface area contributed by atoms with Gasteiger partial charge in [-0.05, 0) is 25.1 Å². The zero-order valence-electron chi connectivity index (χ0n) is 14.6. The number of hydrogen-bond acceptors (Lipinski definition) is 7. The van der Waals surface area contributed by atoms with Crippen LogP contribution in [0.15, 0.2) is 30.6 Å². The van der Waals surface area contributed by atoms with Crippen molar-refractivity contribution in [2.75, 3.05) is 18.1 Å². The van der Waals surface area contributed by atoms with Gasteiger partial charge in [-0.15, -0.1) is 0 Å². The van der Waals surface area contributed by atoms with Crippen molar-refractivity contribution in [3.05, 3.63) is 53.2 Å². The first-order valence-electron chi connectivity index (χ1n) is 8.04. The predicted octanol–water partition coefficient (Wildman–Crippen LogP) is 2.15. The van der Waals surface area contributed by atoms with Crippen molar-refractivity contribution in [2.45, 2.75) is 13.0 Å². The van der Waals surface area contributed by atoms with Gasteiger partial charge in [-0.3, -0.25) is 4.79 Å². The molecule has 9 heteroatoms. The average Bonchev–Trinajstić information content (AvgIpc) is 2.67. The van der Waals surface area contributed by atoms with Crippen molar-refractivity contribution in [1.82, 2.24) is 20.3 Å². The molecule has 3 rings (SSSR count). The van der Waals surface area contributed by atoms with E-state index in [1.807, 2.05) is 6.07 Å². The Hall–Kier alpha value is -3.80. The number of nitrogen functional groups attached to an aromatic ring is 1. The maximum Gasteiger partial charge on any atom is 0.252 e. The lowest BCUT2D eigenvalue weighted by Gasteiger charge is -2.18. The molecule has 1 unspecified atom stereocenters. The van der Waals surface area contributed by atoms with Crippen LogP contribution in [0.3, 0.4) is 0 Å². The van der Waals surface area contributed by atoms with Crippen LogP contribution >= 0.6 is 0 Å². The molecule has 0 spiro atoms. The number of hydrogen-bond donors (Lipinski definition) is 3. The Bertz CT molecular complexity index is 1080. The normalized spacial score (nSPS) is 11.6. The predicted molar refractivity (Wildman–Crippen MR) is 98.3 cm³/mol. The third-order valence-corrected chi connectivity index (χ3v) is 4.06. The van der Waals surface area contributed by atoms with Crippen LogP contribution in [0.4, 0.5) is 16.0 Å². The number of carbonyl (C=O) groups is 1. The zero-order chi connectivity index (χ0) is 19.6. The maximum atomic E-state index is 14.1. The number of carbonyl (C=O) groups excluding carboxylic acids is 1. The number of anilines is 2. The second-order valence-electron chi connectivity index (χ2n) is 5.77. The largest absolute Gasteiger partial charge is 0.382 e. The van der Waals surface area contributed by atoms with E-state index in [-0.39, 0.29) is 28.1 Å². The van der Waals surface area contributed by atoms with Crippen molar-refractivity contribution in [1.29, 1.82) is 5.26 Å². The molecule has 0 fully saturated rings. The molecule has 8 nitrogen and oxygen atoms in total. The van der Waals surface area contributed by atoms with Crippen LogP contribution in [0.25, 0.3) is 10.9 Å². The molecule has 0 radical (unpaired) electrons. The van der Waals surface area contributed by atoms with E-state index >= 15 is 0 Å². The minimum absolute atomic E-state index is 0.0438. The van der Waals surface area contributed by atoms with Gasteiger partial charge in [-0.25, -0.2) is 19.3 Å². The quantitative estimate of drug-likeness (QED) is 0.646. The van der Waals surface area contributed by atoms with Gasteiger partial charge in [0.2, 0.25) is 0 Å². The van der Waals surface area contributed by atoms with E-state index in [0.29, 0.717) is 11.2 Å². The highest BCUT2D eigenvalue weighted by atomic mass is 19.1. The Morgan fingerprint density at radius 1 is 1.37 bits per heavy atom. The Labute approximate surface area is 154 Å². The summed E-state index contributed by atoms with van der Waals surface area (Å²) in [6.45, 7) is 1.75. The van der Waals surface area contributed by atoms with Crippen molar-refractivity contribution in [3.63, 3.8) is 0 Å². The van der Waals surface area contributed by atoms with Gasteiger partial charge in [0.15, 0.2) is 0 Å². The number of amides is 1. The topological polar surface area (TPSA) is 130 Å². The number of aromatic nitrogens is 3. The lowest BCUT2D eigenvalue weighted by atomic mass is 10.0. The number of fused-ring (bicyclic) bond motifs is 1. The second kappa shape index (κ2) is 7.21. The molecule has 0 saturated carbocycles. The number of nitrogens with one attached hydrogen (secondary N) is 2. The Morgan fingerprint density at radius 2 is 2.15 bits per heavy atom. The van der Waals surface area contributed by atoms with Crippen molar-refractivity contribution >= 4 is 28.4 Å². The summed E-state index contributed by atoms with van der Waals surface area (Å²) in [6.07, 6.45) is 1.23. The Balaban J connectivity index is 2.11. The highest BCUT2D eigenvalue weighted by molar-refractivity contribution is 5.99. The molecule has 0 bridgehead atoms. The number of nitrogens with two attached hydrogens (primary N) is 1. The zero-order valence-corrected chi connectivity index (χ0v) is 14.6. The summed E-state index contributed by atoms with van der Waals surface area (Å²) >= 11 is 0. The van der Waals surface area contributed by atoms with Crippen LogP contribution in [-0.2, 0) is 0 Å². The molecule has 1 aromatic carbocycles. The number of halogens is 1. The van der Waals surface area contributed by atoms with Gasteiger partial charge in [0.05, 0.1) is 22.8 Å². The number of pyridine rings is 1. The third kappa shape index (κ3) is 3.32. The molecular weight excluding hydrogens is 349 g/mol. The average molecular weight is 365 g/mol. The molecule has 0 aliphatic heterocycles. The van der Waals surface area contributed by atoms with Gasteiger partial charge in [0.1, 0.15) is 35.4 Å². The van der Waals surface area contributed by atoms with Crippen molar-refractivity contribution < 1.29 is 9.18 Å². The first kappa shape index (κ1) is 18.0. The summed E-state index contributed by atoms with van der Waals surface area (Å²) in [4.78, 5) is 24.6. The fourth-order valence-electron chi connectivity index (χ4n) is 2.71. The molecule has 1 amide bonds. The van der Waals surface area contributed by atoms with Crippen molar-refractivity contribution in [3.8, 4) is 6.07 Å². The van der Waals surface area contributed by atoms with E-state index in [4.69, 9.17) is 5.73 Å². The second-order valence-corrected chi connectivity index (χ2v) is 5.77. The Morgan fingerprint density at radius 3 is 2.85 bits per heavy atom. The molecule has 0 aliphatic rings. The van der Waals surface area contributed by atoms with Crippen LogP contribution < -0.4 is 16.4 Å². The fourth-order valence-corrected chi connectivity index (χ4v) is 2.71. The van der Waals surface area contributed by atoms with E-state index in [2.05, 4.69) is 25.6 Å².